The maximum absolute atomic E-state index is 13.7. The first-order valence-corrected chi connectivity index (χ1v) is 16.3. The molecule has 242 valence electrons. The Morgan fingerprint density at radius 2 is 1.63 bits per heavy atom. The summed E-state index contributed by atoms with van der Waals surface area (Å²) in [6.07, 6.45) is 4.15. The van der Waals surface area contributed by atoms with Gasteiger partial charge in [0, 0.05) is 29.5 Å². The Hall–Kier alpha value is -4.43. The third kappa shape index (κ3) is 8.43. The fraction of sp³-hybridized carbons (Fsp3) is 0.395. The molecule has 1 fully saturated rings. The summed E-state index contributed by atoms with van der Waals surface area (Å²) in [5, 5.41) is 14.2. The molecule has 0 saturated carbocycles. The van der Waals surface area contributed by atoms with Crippen LogP contribution in [0.1, 0.15) is 74.8 Å². The minimum Gasteiger partial charge on any atom is -0.497 e. The van der Waals surface area contributed by atoms with Gasteiger partial charge in [-0.15, -0.1) is 0 Å². The number of carbonyl (C=O) groups is 2. The molecule has 2 heterocycles. The number of ether oxygens (including phenoxy) is 1. The van der Waals surface area contributed by atoms with E-state index in [-0.39, 0.29) is 23.1 Å². The highest BCUT2D eigenvalue weighted by Crippen LogP contribution is 2.34. The van der Waals surface area contributed by atoms with Crippen molar-refractivity contribution in [3.8, 4) is 11.4 Å². The first-order valence-electron chi connectivity index (χ1n) is 16.3. The highest BCUT2D eigenvalue weighted by atomic mass is 16.5. The number of Topliss-reactive ketones (excluding diaryl/α,β-unsaturated/α-hetero) is 1. The van der Waals surface area contributed by atoms with Gasteiger partial charge in [-0.1, -0.05) is 62.7 Å². The van der Waals surface area contributed by atoms with Gasteiger partial charge in [-0.3, -0.25) is 10.1 Å². The standard InChI is InChI=1S/C38H47N5O3/c1-26-9-17-31(18-10-26)43-35(25-34(42-43)38(2,3)4)41-37(45)40-30-15-13-28(14-16-30)36(29-21-23-39-24-22-29)33(44)8-6-7-27-11-19-32(46-5)20-12-27/h9-20,25,29,36,39H,6-8,21-24H2,1-5H3,(H2,40,41,45). The highest BCUT2D eigenvalue weighted by molar-refractivity contribution is 5.99. The summed E-state index contributed by atoms with van der Waals surface area (Å²) in [7, 11) is 1.66. The van der Waals surface area contributed by atoms with Crippen molar-refractivity contribution in [2.75, 3.05) is 30.8 Å². The molecular weight excluding hydrogens is 574 g/mol. The maximum atomic E-state index is 13.7. The number of ketones is 1. The zero-order valence-electron chi connectivity index (χ0n) is 27.7. The number of hydrogen-bond donors (Lipinski definition) is 3. The molecule has 1 unspecified atom stereocenters. The molecule has 8 nitrogen and oxygen atoms in total. The predicted octanol–water partition coefficient (Wildman–Crippen LogP) is 7.81. The van der Waals surface area contributed by atoms with Crippen LogP contribution >= 0.6 is 0 Å². The van der Waals surface area contributed by atoms with E-state index < -0.39 is 0 Å². The lowest BCUT2D eigenvalue weighted by Crippen LogP contribution is -2.33. The molecule has 1 saturated heterocycles. The van der Waals surface area contributed by atoms with Crippen molar-refractivity contribution >= 4 is 23.3 Å². The van der Waals surface area contributed by atoms with Crippen LogP contribution in [-0.4, -0.2) is 41.8 Å². The third-order valence-electron chi connectivity index (χ3n) is 8.78. The second-order valence-electron chi connectivity index (χ2n) is 13.3. The Morgan fingerprint density at radius 3 is 2.26 bits per heavy atom. The Balaban J connectivity index is 1.26. The van der Waals surface area contributed by atoms with Crippen molar-refractivity contribution in [3.05, 3.63) is 101 Å². The number of rotatable bonds is 11. The van der Waals surface area contributed by atoms with Crippen LogP contribution in [0.4, 0.5) is 16.3 Å². The van der Waals surface area contributed by atoms with E-state index in [4.69, 9.17) is 9.84 Å². The van der Waals surface area contributed by atoms with Crippen LogP contribution in [0.5, 0.6) is 5.75 Å². The molecule has 8 heteroatoms. The first kappa shape index (κ1) is 32.9. The van der Waals surface area contributed by atoms with Gasteiger partial charge >= 0.3 is 6.03 Å². The van der Waals surface area contributed by atoms with Crippen molar-refractivity contribution in [2.45, 2.75) is 71.1 Å². The van der Waals surface area contributed by atoms with Gasteiger partial charge in [0.1, 0.15) is 17.4 Å². The fourth-order valence-electron chi connectivity index (χ4n) is 6.08. The average molecular weight is 622 g/mol. The third-order valence-corrected chi connectivity index (χ3v) is 8.78. The number of amides is 2. The van der Waals surface area contributed by atoms with Crippen molar-refractivity contribution in [1.29, 1.82) is 0 Å². The summed E-state index contributed by atoms with van der Waals surface area (Å²) in [6.45, 7) is 10.2. The molecular formula is C38H47N5O3. The van der Waals surface area contributed by atoms with Crippen LogP contribution in [0.3, 0.4) is 0 Å². The van der Waals surface area contributed by atoms with Crippen molar-refractivity contribution in [2.24, 2.45) is 5.92 Å². The monoisotopic (exact) mass is 621 g/mol. The number of nitrogens with zero attached hydrogens (tertiary/aromatic N) is 2. The summed E-state index contributed by atoms with van der Waals surface area (Å²) < 4.78 is 7.03. The number of anilines is 2. The molecule has 3 N–H and O–H groups in total. The van der Waals surface area contributed by atoms with E-state index in [1.807, 2.05) is 73.7 Å². The summed E-state index contributed by atoms with van der Waals surface area (Å²) >= 11 is 0. The maximum Gasteiger partial charge on any atom is 0.324 e. The van der Waals surface area contributed by atoms with E-state index in [0.717, 1.165) is 67.0 Å². The van der Waals surface area contributed by atoms with E-state index >= 15 is 0 Å². The quantitative estimate of drug-likeness (QED) is 0.159. The minimum atomic E-state index is -0.356. The van der Waals surface area contributed by atoms with E-state index in [9.17, 15) is 9.59 Å². The summed E-state index contributed by atoms with van der Waals surface area (Å²) in [5.41, 5.74) is 5.60. The predicted molar refractivity (Wildman–Crippen MR) is 185 cm³/mol. The van der Waals surface area contributed by atoms with Crippen LogP contribution in [0.25, 0.3) is 5.69 Å². The van der Waals surface area contributed by atoms with Gasteiger partial charge in [0.25, 0.3) is 0 Å². The molecule has 1 aliphatic heterocycles. The lowest BCUT2D eigenvalue weighted by molar-refractivity contribution is -0.122. The van der Waals surface area contributed by atoms with Gasteiger partial charge in [-0.25, -0.2) is 9.48 Å². The summed E-state index contributed by atoms with van der Waals surface area (Å²) in [4.78, 5) is 26.9. The normalized spacial score (nSPS) is 14.5. The molecule has 0 spiro atoms. The molecule has 0 aliphatic carbocycles. The average Bonchev–Trinajstić information content (AvgIpc) is 3.47. The first-order chi connectivity index (χ1) is 22.1. The molecule has 1 aromatic heterocycles. The number of methoxy groups -OCH3 is 1. The SMILES string of the molecule is COc1ccc(CCCC(=O)C(c2ccc(NC(=O)Nc3cc(C(C)(C)C)nn3-c3ccc(C)cc3)cc2)C2CCNCC2)cc1. The molecule has 2 amide bonds. The summed E-state index contributed by atoms with van der Waals surface area (Å²) in [6, 6.07) is 25.5. The van der Waals surface area contributed by atoms with Gasteiger partial charge in [-0.2, -0.15) is 5.10 Å². The van der Waals surface area contributed by atoms with Crippen molar-refractivity contribution < 1.29 is 14.3 Å². The van der Waals surface area contributed by atoms with Gasteiger partial charge in [0.05, 0.1) is 18.5 Å². The molecule has 46 heavy (non-hydrogen) atoms. The number of piperidine rings is 1. The Labute approximate surface area is 272 Å². The molecule has 5 rings (SSSR count). The molecule has 0 bridgehead atoms. The highest BCUT2D eigenvalue weighted by Gasteiger charge is 2.30. The molecule has 1 aliphatic rings. The van der Waals surface area contributed by atoms with E-state index in [2.05, 4.69) is 48.9 Å². The number of benzene rings is 3. The number of hydrogen-bond acceptors (Lipinski definition) is 5. The zero-order chi connectivity index (χ0) is 32.7. The Morgan fingerprint density at radius 1 is 0.957 bits per heavy atom. The molecule has 3 aromatic carbocycles. The van der Waals surface area contributed by atoms with E-state index in [1.165, 1.54) is 5.56 Å². The number of aryl methyl sites for hydroxylation is 2. The topological polar surface area (TPSA) is 97.3 Å². The van der Waals surface area contributed by atoms with Crippen LogP contribution in [0.2, 0.25) is 0 Å². The largest absolute Gasteiger partial charge is 0.497 e. The molecule has 4 aromatic rings. The molecule has 1 atom stereocenters. The van der Waals surface area contributed by atoms with Gasteiger partial charge in [0.15, 0.2) is 0 Å². The van der Waals surface area contributed by atoms with Crippen molar-refractivity contribution in [1.82, 2.24) is 15.1 Å². The number of nitrogens with one attached hydrogen (secondary N) is 3. The lowest BCUT2D eigenvalue weighted by atomic mass is 9.77. The van der Waals surface area contributed by atoms with Crippen LogP contribution in [0.15, 0.2) is 78.9 Å². The second kappa shape index (κ2) is 14.8. The zero-order valence-corrected chi connectivity index (χ0v) is 27.7. The minimum absolute atomic E-state index is 0.152. The van der Waals surface area contributed by atoms with Crippen LogP contribution < -0.4 is 20.7 Å². The number of urea groups is 1. The van der Waals surface area contributed by atoms with Crippen molar-refractivity contribution in [3.63, 3.8) is 0 Å². The number of carbonyl (C=O) groups excluding carboxylic acids is 2. The number of aromatic nitrogens is 2. The molecule has 0 radical (unpaired) electrons. The fourth-order valence-corrected chi connectivity index (χ4v) is 6.08. The lowest BCUT2D eigenvalue weighted by Gasteiger charge is -2.30. The Bertz CT molecular complexity index is 1600. The van der Waals surface area contributed by atoms with Gasteiger partial charge < -0.3 is 15.4 Å². The second-order valence-corrected chi connectivity index (χ2v) is 13.3. The smallest absolute Gasteiger partial charge is 0.324 e. The summed E-state index contributed by atoms with van der Waals surface area (Å²) in [5.74, 6) is 1.87. The van der Waals surface area contributed by atoms with Gasteiger partial charge in [0.2, 0.25) is 0 Å². The Kier molecular flexibility index (Phi) is 10.6. The van der Waals surface area contributed by atoms with E-state index in [1.54, 1.807) is 11.8 Å². The van der Waals surface area contributed by atoms with Crippen LogP contribution in [-0.2, 0) is 16.6 Å². The van der Waals surface area contributed by atoms with E-state index in [0.29, 0.717) is 23.8 Å². The van der Waals surface area contributed by atoms with Crippen LogP contribution in [0, 0.1) is 12.8 Å². The van der Waals surface area contributed by atoms with Gasteiger partial charge in [-0.05, 0) is 99.1 Å².